The predicted molar refractivity (Wildman–Crippen MR) is 79.0 cm³/mol. The van der Waals surface area contributed by atoms with E-state index in [1.54, 1.807) is 5.57 Å². The Bertz CT molecular complexity index is 483. The second-order valence-corrected chi connectivity index (χ2v) is 7.61. The van der Waals surface area contributed by atoms with Crippen molar-refractivity contribution in [1.82, 2.24) is 10.2 Å². The number of nitrogens with one attached hydrogen (secondary N) is 1. The third-order valence-electron chi connectivity index (χ3n) is 6.48. The molecule has 2 bridgehead atoms. The molecule has 0 aromatic carbocycles. The minimum absolute atomic E-state index is 0.239. The van der Waals surface area contributed by atoms with Gasteiger partial charge in [-0.2, -0.15) is 0 Å². The number of hydrogen-bond donors (Lipinski definition) is 1. The fraction of sp³-hybridized carbons (Fsp3) is 0.824. The molecule has 4 atom stereocenters. The van der Waals surface area contributed by atoms with Crippen LogP contribution in [-0.2, 0) is 4.79 Å². The third kappa shape index (κ3) is 1.59. The van der Waals surface area contributed by atoms with E-state index in [9.17, 15) is 4.79 Å². The Balaban J connectivity index is 1.85. The minimum Gasteiger partial charge on any atom is -0.330 e. The van der Waals surface area contributed by atoms with Crippen molar-refractivity contribution in [1.29, 1.82) is 0 Å². The minimum atomic E-state index is 0.239. The quantitative estimate of drug-likeness (QED) is 0.736. The number of allylic oxidation sites excluding steroid dienone is 1. The maximum absolute atomic E-state index is 11.8. The van der Waals surface area contributed by atoms with Gasteiger partial charge in [-0.3, -0.25) is 9.69 Å². The molecule has 1 saturated carbocycles. The lowest BCUT2D eigenvalue weighted by molar-refractivity contribution is -0.122. The van der Waals surface area contributed by atoms with E-state index in [1.165, 1.54) is 37.9 Å². The van der Waals surface area contributed by atoms with Crippen LogP contribution in [0, 0.1) is 17.8 Å². The van der Waals surface area contributed by atoms with Crippen LogP contribution in [-0.4, -0.2) is 29.9 Å². The van der Waals surface area contributed by atoms with Gasteiger partial charge < -0.3 is 5.32 Å². The highest BCUT2D eigenvalue weighted by molar-refractivity contribution is 5.80. The van der Waals surface area contributed by atoms with Gasteiger partial charge in [0.2, 0.25) is 5.91 Å². The topological polar surface area (TPSA) is 32.3 Å². The van der Waals surface area contributed by atoms with Gasteiger partial charge in [-0.1, -0.05) is 6.92 Å². The molecule has 3 nitrogen and oxygen atoms in total. The van der Waals surface area contributed by atoms with E-state index in [2.05, 4.69) is 24.2 Å². The summed E-state index contributed by atoms with van der Waals surface area (Å²) in [5.74, 6) is 2.69. The van der Waals surface area contributed by atoms with Crippen LogP contribution in [0.5, 0.6) is 0 Å². The van der Waals surface area contributed by atoms with Crippen molar-refractivity contribution >= 4 is 5.91 Å². The monoisotopic (exact) mass is 274 g/mol. The summed E-state index contributed by atoms with van der Waals surface area (Å²) >= 11 is 0. The highest BCUT2D eigenvalue weighted by Gasteiger charge is 2.57. The number of hydrogen-bond acceptors (Lipinski definition) is 2. The fourth-order valence-electron chi connectivity index (χ4n) is 5.91. The Hall–Kier alpha value is -0.830. The molecule has 0 aromatic rings. The third-order valence-corrected chi connectivity index (χ3v) is 6.48. The van der Waals surface area contributed by atoms with E-state index in [0.29, 0.717) is 6.42 Å². The molecule has 0 radical (unpaired) electrons. The van der Waals surface area contributed by atoms with Crippen molar-refractivity contribution in [3.63, 3.8) is 0 Å². The van der Waals surface area contributed by atoms with Gasteiger partial charge in [-0.25, -0.2) is 0 Å². The summed E-state index contributed by atoms with van der Waals surface area (Å²) in [5.41, 5.74) is 3.19. The van der Waals surface area contributed by atoms with Crippen molar-refractivity contribution in [2.75, 3.05) is 13.6 Å². The first kappa shape index (κ1) is 12.9. The summed E-state index contributed by atoms with van der Waals surface area (Å²) < 4.78 is 0. The molecular formula is C17H26N2O. The molecule has 3 unspecified atom stereocenters. The molecule has 2 heterocycles. The molecule has 2 fully saturated rings. The number of likely N-dealkylation sites (N-methyl/N-ethyl adjacent to an activating group) is 1. The zero-order valence-corrected chi connectivity index (χ0v) is 12.7. The van der Waals surface area contributed by atoms with Crippen molar-refractivity contribution in [2.45, 2.75) is 57.4 Å². The molecule has 2 aliphatic carbocycles. The zero-order chi connectivity index (χ0) is 13.9. The second-order valence-electron chi connectivity index (χ2n) is 7.61. The van der Waals surface area contributed by atoms with Gasteiger partial charge in [0.05, 0.1) is 0 Å². The summed E-state index contributed by atoms with van der Waals surface area (Å²) in [7, 11) is 2.33. The van der Waals surface area contributed by atoms with Crippen molar-refractivity contribution in [2.24, 2.45) is 17.8 Å². The number of piperidine rings is 1. The number of carbonyl (C=O) groups excluding carboxylic acids is 1. The van der Waals surface area contributed by atoms with Gasteiger partial charge in [0.1, 0.15) is 0 Å². The van der Waals surface area contributed by atoms with Crippen LogP contribution >= 0.6 is 0 Å². The lowest BCUT2D eigenvalue weighted by Crippen LogP contribution is -2.64. The van der Waals surface area contributed by atoms with Crippen molar-refractivity contribution < 1.29 is 4.79 Å². The number of carbonyl (C=O) groups is 1. The van der Waals surface area contributed by atoms with Crippen LogP contribution in [0.4, 0.5) is 0 Å². The highest BCUT2D eigenvalue weighted by Crippen LogP contribution is 2.58. The Kier molecular flexibility index (Phi) is 2.79. The van der Waals surface area contributed by atoms with E-state index in [1.807, 2.05) is 0 Å². The van der Waals surface area contributed by atoms with E-state index in [-0.39, 0.29) is 11.4 Å². The number of likely N-dealkylation sites (tertiary alicyclic amines) is 1. The van der Waals surface area contributed by atoms with Crippen LogP contribution in [0.25, 0.3) is 0 Å². The molecule has 1 saturated heterocycles. The van der Waals surface area contributed by atoms with Gasteiger partial charge in [-0.05, 0) is 75.4 Å². The highest BCUT2D eigenvalue weighted by atomic mass is 16.1. The summed E-state index contributed by atoms with van der Waals surface area (Å²) in [6.45, 7) is 3.65. The molecule has 2 aliphatic heterocycles. The number of rotatable bonds is 0. The average Bonchev–Trinajstić information content (AvgIpc) is 2.39. The maximum atomic E-state index is 11.8. The van der Waals surface area contributed by atoms with Gasteiger partial charge in [-0.15, -0.1) is 0 Å². The molecule has 4 aliphatic rings. The Morgan fingerprint density at radius 2 is 2.20 bits per heavy atom. The summed E-state index contributed by atoms with van der Waals surface area (Å²) in [5, 5.41) is 3.22. The van der Waals surface area contributed by atoms with Gasteiger partial charge >= 0.3 is 0 Å². The molecule has 1 amide bonds. The smallest absolute Gasteiger partial charge is 0.224 e. The van der Waals surface area contributed by atoms with Crippen molar-refractivity contribution in [3.05, 3.63) is 11.3 Å². The first-order valence-electron chi connectivity index (χ1n) is 8.35. The lowest BCUT2D eigenvalue weighted by atomic mass is 9.52. The number of nitrogens with zero attached hydrogens (tertiary/aromatic N) is 1. The van der Waals surface area contributed by atoms with E-state index in [4.69, 9.17) is 0 Å². The van der Waals surface area contributed by atoms with Crippen LogP contribution in [0.3, 0.4) is 0 Å². The zero-order valence-electron chi connectivity index (χ0n) is 12.7. The van der Waals surface area contributed by atoms with Crippen LogP contribution in [0.15, 0.2) is 11.3 Å². The summed E-state index contributed by atoms with van der Waals surface area (Å²) in [4.78, 5) is 14.4. The van der Waals surface area contributed by atoms with E-state index >= 15 is 0 Å². The first-order valence-corrected chi connectivity index (χ1v) is 8.35. The maximum Gasteiger partial charge on any atom is 0.224 e. The molecule has 1 N–H and O–H groups in total. The molecule has 0 spiro atoms. The van der Waals surface area contributed by atoms with Crippen LogP contribution < -0.4 is 5.32 Å². The molecule has 110 valence electrons. The van der Waals surface area contributed by atoms with Gasteiger partial charge in [0, 0.05) is 17.7 Å². The van der Waals surface area contributed by atoms with Crippen molar-refractivity contribution in [3.8, 4) is 0 Å². The fourth-order valence-corrected chi connectivity index (χ4v) is 5.91. The predicted octanol–water partition coefficient (Wildman–Crippen LogP) is 2.68. The molecule has 4 rings (SSSR count). The largest absolute Gasteiger partial charge is 0.330 e. The molecule has 20 heavy (non-hydrogen) atoms. The van der Waals surface area contributed by atoms with E-state index in [0.717, 1.165) is 30.6 Å². The average molecular weight is 274 g/mol. The summed E-state index contributed by atoms with van der Waals surface area (Å²) in [6, 6.07) is 0. The van der Waals surface area contributed by atoms with Gasteiger partial charge in [0.15, 0.2) is 0 Å². The first-order chi connectivity index (χ1) is 9.61. The second kappa shape index (κ2) is 4.33. The number of amides is 1. The Morgan fingerprint density at radius 3 is 3.05 bits per heavy atom. The lowest BCUT2D eigenvalue weighted by Gasteiger charge is -2.62. The normalized spacial score (nSPS) is 44.7. The standard InChI is InChI=1S/C17H26N2O/c1-11-8-12-9-15-14(5-6-16(20)18-15)17(10-11)13(12)4-3-7-19(17)2/h11-13H,3-10H2,1-2H3,(H,18,20)/t11?,12?,13?,17-/m1/s1. The molecule has 3 heteroatoms. The molecule has 0 aromatic heterocycles. The Labute approximate surface area is 121 Å². The summed E-state index contributed by atoms with van der Waals surface area (Å²) in [6.07, 6.45) is 8.23. The van der Waals surface area contributed by atoms with E-state index < -0.39 is 0 Å². The SMILES string of the molecule is CC1CC2CC3=C(CCC(=O)N3)[C@@]3(C1)C2CCCN3C. The van der Waals surface area contributed by atoms with Crippen LogP contribution in [0.1, 0.15) is 51.9 Å². The van der Waals surface area contributed by atoms with Gasteiger partial charge in [0.25, 0.3) is 0 Å². The molecular weight excluding hydrogens is 248 g/mol. The van der Waals surface area contributed by atoms with Crippen LogP contribution in [0.2, 0.25) is 0 Å². The Morgan fingerprint density at radius 1 is 1.35 bits per heavy atom.